The van der Waals surface area contributed by atoms with E-state index in [-0.39, 0.29) is 0 Å². The Morgan fingerprint density at radius 2 is 1.94 bits per heavy atom. The maximum absolute atomic E-state index is 9.53. The van der Waals surface area contributed by atoms with Crippen molar-refractivity contribution in [3.05, 3.63) is 59.3 Å². The summed E-state index contributed by atoms with van der Waals surface area (Å²) in [5.74, 6) is 2.66. The number of unbranched alkanes of at least 4 members (excludes halogenated alkanes) is 1. The lowest BCUT2D eigenvalue weighted by Gasteiger charge is -2.10. The van der Waals surface area contributed by atoms with Crippen LogP contribution in [0.4, 0.5) is 0 Å². The molecule has 0 saturated carbocycles. The summed E-state index contributed by atoms with van der Waals surface area (Å²) in [7, 11) is 0. The van der Waals surface area contributed by atoms with E-state index in [1.807, 2.05) is 27.4 Å². The van der Waals surface area contributed by atoms with Crippen LogP contribution < -0.4 is 0 Å². The number of tetrazole rings is 1. The zero-order chi connectivity index (χ0) is 21.8. The van der Waals surface area contributed by atoms with Gasteiger partial charge < -0.3 is 0 Å². The van der Waals surface area contributed by atoms with E-state index in [0.29, 0.717) is 29.7 Å². The minimum atomic E-state index is 0.297. The fourth-order valence-corrected chi connectivity index (χ4v) is 3.46. The van der Waals surface area contributed by atoms with E-state index in [0.717, 1.165) is 42.2 Å². The van der Waals surface area contributed by atoms with E-state index in [1.54, 1.807) is 6.07 Å². The molecule has 0 unspecified atom stereocenters. The second kappa shape index (κ2) is 8.92. The molecule has 0 bridgehead atoms. The number of hydrogen-bond acceptors (Lipinski definition) is 6. The van der Waals surface area contributed by atoms with Gasteiger partial charge in [0.15, 0.2) is 5.82 Å². The number of nitrogens with one attached hydrogen (secondary N) is 1. The first-order valence-electron chi connectivity index (χ1n) is 10.5. The fourth-order valence-electron chi connectivity index (χ4n) is 3.46. The zero-order valence-electron chi connectivity index (χ0n) is 17.9. The lowest BCUT2D eigenvalue weighted by Crippen LogP contribution is -2.08. The lowest BCUT2D eigenvalue weighted by atomic mass is 10.2. The van der Waals surface area contributed by atoms with Gasteiger partial charge in [0.1, 0.15) is 17.6 Å². The topological polar surface area (TPSA) is 114 Å². The quantitative estimate of drug-likeness (QED) is 0.470. The molecule has 0 fully saturated rings. The maximum atomic E-state index is 9.53. The molecule has 1 N–H and O–H groups in total. The molecule has 9 heteroatoms. The number of rotatable bonds is 8. The van der Waals surface area contributed by atoms with Gasteiger partial charge in [-0.15, -0.1) is 10.2 Å². The van der Waals surface area contributed by atoms with Gasteiger partial charge in [-0.05, 0) is 41.5 Å². The molecule has 0 spiro atoms. The Morgan fingerprint density at radius 3 is 2.58 bits per heavy atom. The summed E-state index contributed by atoms with van der Waals surface area (Å²) < 4.78 is 3.84. The van der Waals surface area contributed by atoms with Crippen LogP contribution in [-0.4, -0.2) is 40.0 Å². The van der Waals surface area contributed by atoms with Crippen LogP contribution in [0.2, 0.25) is 0 Å². The van der Waals surface area contributed by atoms with Crippen LogP contribution in [0.5, 0.6) is 0 Å². The third kappa shape index (κ3) is 4.23. The molecule has 31 heavy (non-hydrogen) atoms. The van der Waals surface area contributed by atoms with Gasteiger partial charge in [-0.25, -0.2) is 9.67 Å². The highest BCUT2D eigenvalue weighted by Gasteiger charge is 2.16. The third-order valence-electron chi connectivity index (χ3n) is 5.13. The van der Waals surface area contributed by atoms with Crippen molar-refractivity contribution in [1.29, 1.82) is 5.26 Å². The molecule has 3 aromatic heterocycles. The Balaban J connectivity index is 1.62. The second-order valence-corrected chi connectivity index (χ2v) is 7.76. The van der Waals surface area contributed by atoms with Gasteiger partial charge in [0.25, 0.3) is 0 Å². The van der Waals surface area contributed by atoms with Gasteiger partial charge in [0.2, 0.25) is 5.82 Å². The first-order valence-corrected chi connectivity index (χ1v) is 10.5. The predicted octanol–water partition coefficient (Wildman–Crippen LogP) is 3.63. The van der Waals surface area contributed by atoms with Crippen molar-refractivity contribution in [2.45, 2.75) is 52.5 Å². The van der Waals surface area contributed by atoms with Crippen LogP contribution in [0, 0.1) is 11.3 Å². The highest BCUT2D eigenvalue weighted by atomic mass is 15.5. The summed E-state index contributed by atoms with van der Waals surface area (Å²) in [6, 6.07) is 13.9. The largest absolute Gasteiger partial charge is 0.298 e. The number of nitriles is 1. The van der Waals surface area contributed by atoms with Crippen LogP contribution >= 0.6 is 0 Å². The molecule has 0 aliphatic rings. The van der Waals surface area contributed by atoms with Crippen molar-refractivity contribution in [2.75, 3.05) is 0 Å². The van der Waals surface area contributed by atoms with E-state index < -0.39 is 0 Å². The monoisotopic (exact) mass is 415 g/mol. The minimum Gasteiger partial charge on any atom is -0.298 e. The molecule has 158 valence electrons. The molecule has 0 amide bonds. The van der Waals surface area contributed by atoms with Gasteiger partial charge in [-0.2, -0.15) is 15.6 Å². The first kappa shape index (κ1) is 20.5. The van der Waals surface area contributed by atoms with E-state index >= 15 is 0 Å². The molecule has 4 rings (SSSR count). The number of aromatic amines is 1. The normalized spacial score (nSPS) is 11.2. The Labute approximate surface area is 180 Å². The van der Waals surface area contributed by atoms with Gasteiger partial charge >= 0.3 is 0 Å². The second-order valence-electron chi connectivity index (χ2n) is 7.76. The summed E-state index contributed by atoms with van der Waals surface area (Å²) in [5.41, 5.74) is 3.19. The standard InChI is InChI=1S/C22H25N9/c1-4-5-6-20-24-21(15(2)3)27-30(20)14-16-7-9-17(10-8-16)31-18(13-23)11-12-19(31)22-25-28-29-26-22/h7-12,15H,4-6,14H2,1-3H3,(H,25,26,28,29). The average molecular weight is 416 g/mol. The highest BCUT2D eigenvalue weighted by molar-refractivity contribution is 5.58. The van der Waals surface area contributed by atoms with Crippen molar-refractivity contribution in [3.8, 4) is 23.3 Å². The Hall–Kier alpha value is -3.80. The molecule has 0 radical (unpaired) electrons. The molecular formula is C22H25N9. The number of hydrogen-bond donors (Lipinski definition) is 1. The molecule has 1 aromatic carbocycles. The number of aromatic nitrogens is 8. The lowest BCUT2D eigenvalue weighted by molar-refractivity contribution is 0.610. The minimum absolute atomic E-state index is 0.297. The Bertz CT molecular complexity index is 1180. The first-order chi connectivity index (χ1) is 15.1. The van der Waals surface area contributed by atoms with E-state index in [2.05, 4.69) is 59.6 Å². The third-order valence-corrected chi connectivity index (χ3v) is 5.13. The summed E-state index contributed by atoms with van der Waals surface area (Å²) in [6.07, 6.45) is 3.15. The van der Waals surface area contributed by atoms with Crippen molar-refractivity contribution in [3.63, 3.8) is 0 Å². The van der Waals surface area contributed by atoms with Crippen LogP contribution in [0.15, 0.2) is 36.4 Å². The van der Waals surface area contributed by atoms with Crippen molar-refractivity contribution >= 4 is 0 Å². The molecule has 0 saturated heterocycles. The molecule has 3 heterocycles. The van der Waals surface area contributed by atoms with Crippen LogP contribution in [0.25, 0.3) is 17.2 Å². The van der Waals surface area contributed by atoms with Gasteiger partial charge in [-0.3, -0.25) is 4.57 Å². The fraction of sp³-hybridized carbons (Fsp3) is 0.364. The van der Waals surface area contributed by atoms with Crippen molar-refractivity contribution in [1.82, 2.24) is 40.0 Å². The average Bonchev–Trinajstić information content (AvgIpc) is 3.52. The molecule has 0 atom stereocenters. The van der Waals surface area contributed by atoms with Crippen molar-refractivity contribution < 1.29 is 0 Å². The Morgan fingerprint density at radius 1 is 1.13 bits per heavy atom. The van der Waals surface area contributed by atoms with Crippen molar-refractivity contribution in [2.24, 2.45) is 0 Å². The maximum Gasteiger partial charge on any atom is 0.221 e. The number of aryl methyl sites for hydroxylation is 1. The highest BCUT2D eigenvalue weighted by Crippen LogP contribution is 2.24. The number of nitrogens with zero attached hydrogens (tertiary/aromatic N) is 8. The number of benzene rings is 1. The number of H-pyrrole nitrogens is 1. The molecule has 0 aliphatic heterocycles. The van der Waals surface area contributed by atoms with Crippen LogP contribution in [0.1, 0.15) is 62.4 Å². The smallest absolute Gasteiger partial charge is 0.221 e. The summed E-state index contributed by atoms with van der Waals surface area (Å²) in [6.45, 7) is 7.07. The molecule has 4 aromatic rings. The zero-order valence-corrected chi connectivity index (χ0v) is 17.9. The summed E-state index contributed by atoms with van der Waals surface area (Å²) in [5, 5.41) is 28.5. The van der Waals surface area contributed by atoms with Crippen LogP contribution in [0.3, 0.4) is 0 Å². The molecule has 0 aliphatic carbocycles. The van der Waals surface area contributed by atoms with E-state index in [1.165, 1.54) is 0 Å². The van der Waals surface area contributed by atoms with Gasteiger partial charge in [-0.1, -0.05) is 39.3 Å². The summed E-state index contributed by atoms with van der Waals surface area (Å²) in [4.78, 5) is 4.75. The van der Waals surface area contributed by atoms with Gasteiger partial charge in [0.05, 0.1) is 12.2 Å². The Kier molecular flexibility index (Phi) is 5.89. The molecule has 9 nitrogen and oxygen atoms in total. The predicted molar refractivity (Wildman–Crippen MR) is 115 cm³/mol. The molecular weight excluding hydrogens is 390 g/mol. The summed E-state index contributed by atoms with van der Waals surface area (Å²) >= 11 is 0. The van der Waals surface area contributed by atoms with E-state index in [4.69, 9.17) is 10.1 Å². The van der Waals surface area contributed by atoms with E-state index in [9.17, 15) is 5.26 Å². The van der Waals surface area contributed by atoms with Crippen LogP contribution in [-0.2, 0) is 13.0 Å². The van der Waals surface area contributed by atoms with Gasteiger partial charge in [0, 0.05) is 18.0 Å². The SMILES string of the molecule is CCCCc1nc(C(C)C)nn1Cc1ccc(-n2c(C#N)ccc2-c2nn[nH]n2)cc1.